The van der Waals surface area contributed by atoms with E-state index in [0.717, 1.165) is 38.4 Å². The Bertz CT molecular complexity index is 757. The zero-order valence-electron chi connectivity index (χ0n) is 14.2. The average molecular weight is 363 g/mol. The van der Waals surface area contributed by atoms with E-state index < -0.39 is 0 Å². The summed E-state index contributed by atoms with van der Waals surface area (Å²) in [5.41, 5.74) is 1.19. The molecule has 7 heteroatoms. The molecule has 2 fully saturated rings. The molecule has 6 nitrogen and oxygen atoms in total. The highest BCUT2D eigenvalue weighted by Gasteiger charge is 2.27. The maximum Gasteiger partial charge on any atom is 0.274 e. The van der Waals surface area contributed by atoms with Crippen LogP contribution in [0.15, 0.2) is 24.5 Å². The number of ether oxygens (including phenoxy) is 1. The zero-order chi connectivity index (χ0) is 17.2. The first-order valence-electron chi connectivity index (χ1n) is 8.93. The second kappa shape index (κ2) is 7.32. The Balaban J connectivity index is 1.48. The van der Waals surface area contributed by atoms with Crippen molar-refractivity contribution < 1.29 is 9.53 Å². The molecule has 4 rings (SSSR count). The summed E-state index contributed by atoms with van der Waals surface area (Å²) >= 11 is 6.01. The second-order valence-corrected chi connectivity index (χ2v) is 7.38. The van der Waals surface area contributed by atoms with Crippen LogP contribution in [0.3, 0.4) is 0 Å². The normalized spacial score (nSPS) is 22.4. The lowest BCUT2D eigenvalue weighted by molar-refractivity contribution is 0.0729. The van der Waals surface area contributed by atoms with Crippen LogP contribution >= 0.6 is 11.6 Å². The highest BCUT2D eigenvalue weighted by molar-refractivity contribution is 6.30. The molecule has 0 aliphatic carbocycles. The number of imidazole rings is 1. The molecule has 2 aliphatic rings. The number of pyridine rings is 1. The molecule has 2 saturated heterocycles. The lowest BCUT2D eigenvalue weighted by Crippen LogP contribution is -2.39. The van der Waals surface area contributed by atoms with Crippen molar-refractivity contribution in [1.82, 2.24) is 19.2 Å². The summed E-state index contributed by atoms with van der Waals surface area (Å²) in [6.07, 6.45) is 6.08. The number of likely N-dealkylation sites (tertiary alicyclic amines) is 1. The number of nitrogens with zero attached hydrogens (tertiary/aromatic N) is 4. The molecule has 1 atom stereocenters. The molecule has 4 heterocycles. The van der Waals surface area contributed by atoms with E-state index in [1.807, 2.05) is 11.0 Å². The standard InChI is InChI=1S/C18H23ClN4O2/c19-15-3-4-17-20-16(12-23(17)11-15)18(24)22-7-8-25-13-14(10-22)9-21-5-1-2-6-21/h3-4,11-12,14H,1-2,5-10,13H2. The van der Waals surface area contributed by atoms with Crippen LogP contribution in [0.2, 0.25) is 5.02 Å². The summed E-state index contributed by atoms with van der Waals surface area (Å²) < 4.78 is 7.54. The van der Waals surface area contributed by atoms with Gasteiger partial charge in [0.2, 0.25) is 0 Å². The molecule has 0 aromatic carbocycles. The molecular formula is C18H23ClN4O2. The van der Waals surface area contributed by atoms with E-state index >= 15 is 0 Å². The first-order valence-corrected chi connectivity index (χ1v) is 9.30. The van der Waals surface area contributed by atoms with Gasteiger partial charge in [-0.05, 0) is 38.1 Å². The van der Waals surface area contributed by atoms with Gasteiger partial charge in [-0.1, -0.05) is 11.6 Å². The lowest BCUT2D eigenvalue weighted by atomic mass is 10.1. The van der Waals surface area contributed by atoms with Crippen LogP contribution in [0.4, 0.5) is 0 Å². The summed E-state index contributed by atoms with van der Waals surface area (Å²) in [7, 11) is 0. The third-order valence-corrected chi connectivity index (χ3v) is 5.20. The summed E-state index contributed by atoms with van der Waals surface area (Å²) in [4.78, 5) is 21.8. The van der Waals surface area contributed by atoms with Gasteiger partial charge in [0.1, 0.15) is 11.3 Å². The molecule has 2 aromatic rings. The SMILES string of the molecule is O=C(c1cn2cc(Cl)ccc2n1)N1CCOCC(CN2CCCC2)C1. The summed E-state index contributed by atoms with van der Waals surface area (Å²) in [6, 6.07) is 3.60. The van der Waals surface area contributed by atoms with Crippen molar-refractivity contribution in [2.24, 2.45) is 5.92 Å². The van der Waals surface area contributed by atoms with E-state index in [1.54, 1.807) is 22.9 Å². The molecule has 1 unspecified atom stereocenters. The Morgan fingerprint density at radius 3 is 2.92 bits per heavy atom. The second-order valence-electron chi connectivity index (χ2n) is 6.94. The third-order valence-electron chi connectivity index (χ3n) is 4.97. The van der Waals surface area contributed by atoms with Crippen LogP contribution in [0.25, 0.3) is 5.65 Å². The minimum atomic E-state index is -0.0308. The average Bonchev–Trinajstić information content (AvgIpc) is 3.19. The minimum Gasteiger partial charge on any atom is -0.379 e. The highest BCUT2D eigenvalue weighted by atomic mass is 35.5. The van der Waals surface area contributed by atoms with Gasteiger partial charge < -0.3 is 18.9 Å². The van der Waals surface area contributed by atoms with Crippen LogP contribution < -0.4 is 0 Å². The van der Waals surface area contributed by atoms with Crippen molar-refractivity contribution >= 4 is 23.2 Å². The van der Waals surface area contributed by atoms with Crippen LogP contribution in [0, 0.1) is 5.92 Å². The first-order chi connectivity index (χ1) is 12.2. The van der Waals surface area contributed by atoms with Gasteiger partial charge in [0.05, 0.1) is 18.2 Å². The largest absolute Gasteiger partial charge is 0.379 e. The van der Waals surface area contributed by atoms with E-state index in [1.165, 1.54) is 12.8 Å². The van der Waals surface area contributed by atoms with Crippen LogP contribution in [0.5, 0.6) is 0 Å². The Morgan fingerprint density at radius 2 is 2.08 bits per heavy atom. The summed E-state index contributed by atoms with van der Waals surface area (Å²) in [5.74, 6) is 0.327. The minimum absolute atomic E-state index is 0.0308. The molecule has 1 amide bonds. The maximum absolute atomic E-state index is 12.9. The smallest absolute Gasteiger partial charge is 0.274 e. The number of hydrogen-bond donors (Lipinski definition) is 0. The van der Waals surface area contributed by atoms with E-state index in [2.05, 4.69) is 9.88 Å². The topological polar surface area (TPSA) is 50.1 Å². The van der Waals surface area contributed by atoms with Gasteiger partial charge in [-0.2, -0.15) is 0 Å². The summed E-state index contributed by atoms with van der Waals surface area (Å²) in [6.45, 7) is 5.98. The van der Waals surface area contributed by atoms with Crippen molar-refractivity contribution in [3.05, 3.63) is 35.2 Å². The molecule has 0 spiro atoms. The fourth-order valence-electron chi connectivity index (χ4n) is 3.74. The van der Waals surface area contributed by atoms with Gasteiger partial charge in [-0.15, -0.1) is 0 Å². The molecule has 0 bridgehead atoms. The fraction of sp³-hybridized carbons (Fsp3) is 0.556. The predicted octanol–water partition coefficient (Wildman–Crippen LogP) is 2.17. The molecule has 0 radical (unpaired) electrons. The number of amides is 1. The first kappa shape index (κ1) is 16.8. The van der Waals surface area contributed by atoms with Crippen LogP contribution in [-0.4, -0.2) is 71.0 Å². The van der Waals surface area contributed by atoms with Gasteiger partial charge in [-0.25, -0.2) is 4.98 Å². The van der Waals surface area contributed by atoms with E-state index in [0.29, 0.717) is 29.8 Å². The van der Waals surface area contributed by atoms with Crippen molar-refractivity contribution in [2.75, 3.05) is 45.9 Å². The van der Waals surface area contributed by atoms with Crippen molar-refractivity contribution in [3.63, 3.8) is 0 Å². The number of hydrogen-bond acceptors (Lipinski definition) is 4. The number of carbonyl (C=O) groups is 1. The number of fused-ring (bicyclic) bond motifs is 1. The Labute approximate surface area is 152 Å². The molecule has 2 aliphatic heterocycles. The number of carbonyl (C=O) groups excluding carboxylic acids is 1. The molecule has 134 valence electrons. The zero-order valence-corrected chi connectivity index (χ0v) is 15.0. The lowest BCUT2D eigenvalue weighted by Gasteiger charge is -2.26. The number of halogens is 1. The Morgan fingerprint density at radius 1 is 1.24 bits per heavy atom. The van der Waals surface area contributed by atoms with Crippen molar-refractivity contribution in [1.29, 1.82) is 0 Å². The molecular weight excluding hydrogens is 340 g/mol. The molecule has 2 aromatic heterocycles. The van der Waals surface area contributed by atoms with Gasteiger partial charge in [0.25, 0.3) is 5.91 Å². The number of rotatable bonds is 3. The van der Waals surface area contributed by atoms with Gasteiger partial charge in [0.15, 0.2) is 0 Å². The van der Waals surface area contributed by atoms with E-state index in [4.69, 9.17) is 16.3 Å². The fourth-order valence-corrected chi connectivity index (χ4v) is 3.90. The summed E-state index contributed by atoms with van der Waals surface area (Å²) in [5, 5.41) is 0.623. The monoisotopic (exact) mass is 362 g/mol. The van der Waals surface area contributed by atoms with Crippen LogP contribution in [0.1, 0.15) is 23.3 Å². The highest BCUT2D eigenvalue weighted by Crippen LogP contribution is 2.17. The van der Waals surface area contributed by atoms with Gasteiger partial charge in [0, 0.05) is 37.9 Å². The van der Waals surface area contributed by atoms with E-state index in [9.17, 15) is 4.79 Å². The van der Waals surface area contributed by atoms with Gasteiger partial charge >= 0.3 is 0 Å². The van der Waals surface area contributed by atoms with Crippen molar-refractivity contribution in [3.8, 4) is 0 Å². The maximum atomic E-state index is 12.9. The predicted molar refractivity (Wildman–Crippen MR) is 96.1 cm³/mol. The Hall–Kier alpha value is -1.63. The Kier molecular flexibility index (Phi) is 4.92. The van der Waals surface area contributed by atoms with E-state index in [-0.39, 0.29) is 5.91 Å². The van der Waals surface area contributed by atoms with Crippen LogP contribution in [-0.2, 0) is 4.74 Å². The molecule has 0 saturated carbocycles. The molecule has 0 N–H and O–H groups in total. The quantitative estimate of drug-likeness (QED) is 0.839. The van der Waals surface area contributed by atoms with Gasteiger partial charge in [-0.3, -0.25) is 4.79 Å². The number of aromatic nitrogens is 2. The third kappa shape index (κ3) is 3.81. The molecule has 25 heavy (non-hydrogen) atoms. The van der Waals surface area contributed by atoms with Crippen molar-refractivity contribution in [2.45, 2.75) is 12.8 Å².